The van der Waals surface area contributed by atoms with Crippen molar-refractivity contribution in [3.63, 3.8) is 0 Å². The highest BCUT2D eigenvalue weighted by atomic mass is 79.9. The van der Waals surface area contributed by atoms with Gasteiger partial charge in [-0.3, -0.25) is 0 Å². The van der Waals surface area contributed by atoms with Gasteiger partial charge in [0.2, 0.25) is 0 Å². The Morgan fingerprint density at radius 1 is 0.824 bits per heavy atom. The molecule has 0 N–H and O–H groups in total. The monoisotopic (exact) mass is 308 g/mol. The predicted octanol–water partition coefficient (Wildman–Crippen LogP) is 4.90. The summed E-state index contributed by atoms with van der Waals surface area (Å²) in [5.41, 5.74) is 0. The van der Waals surface area contributed by atoms with Crippen LogP contribution in [0.2, 0.25) is 0 Å². The maximum atomic E-state index is 5.21. The fourth-order valence-corrected chi connectivity index (χ4v) is 2.76. The zero-order valence-corrected chi connectivity index (χ0v) is 13.3. The Labute approximate surface area is 116 Å². The molecular weight excluding hydrogens is 280 g/mol. The highest BCUT2D eigenvalue weighted by Gasteiger charge is 2.16. The van der Waals surface area contributed by atoms with Gasteiger partial charge in [0.1, 0.15) is 0 Å². The average molecular weight is 309 g/mol. The Morgan fingerprint density at radius 2 is 1.29 bits per heavy atom. The Hall–Kier alpha value is 0.400. The van der Waals surface area contributed by atoms with Crippen LogP contribution in [0.1, 0.15) is 64.7 Å². The third kappa shape index (κ3) is 10.0. The molecule has 104 valence electrons. The van der Waals surface area contributed by atoms with Gasteiger partial charge in [-0.15, -0.1) is 0 Å². The number of unbranched alkanes of at least 4 members (excludes halogenated alkanes) is 7. The topological polar surface area (TPSA) is 18.5 Å². The van der Waals surface area contributed by atoms with Crippen molar-refractivity contribution in [2.45, 2.75) is 75.8 Å². The van der Waals surface area contributed by atoms with Crippen molar-refractivity contribution in [3.05, 3.63) is 0 Å². The lowest BCUT2D eigenvalue weighted by Gasteiger charge is -2.19. The van der Waals surface area contributed by atoms with E-state index in [1.807, 2.05) is 0 Å². The zero-order chi connectivity index (χ0) is 12.9. The van der Waals surface area contributed by atoms with Gasteiger partial charge in [-0.05, 0) is 6.42 Å². The summed E-state index contributed by atoms with van der Waals surface area (Å²) in [4.78, 5) is 0.317. The number of hydrogen-bond acceptors (Lipinski definition) is 2. The van der Waals surface area contributed by atoms with Crippen molar-refractivity contribution < 1.29 is 9.47 Å². The normalized spacial score (nSPS) is 13.2. The first-order chi connectivity index (χ1) is 8.26. The van der Waals surface area contributed by atoms with E-state index in [9.17, 15) is 0 Å². The van der Waals surface area contributed by atoms with Crippen LogP contribution in [0.15, 0.2) is 0 Å². The first-order valence-corrected chi connectivity index (χ1v) is 7.87. The predicted molar refractivity (Wildman–Crippen MR) is 77.7 cm³/mol. The van der Waals surface area contributed by atoms with Gasteiger partial charge in [-0.2, -0.15) is 0 Å². The van der Waals surface area contributed by atoms with Crippen molar-refractivity contribution in [1.82, 2.24) is 0 Å². The summed E-state index contributed by atoms with van der Waals surface area (Å²) < 4.78 is 10.4. The number of hydrogen-bond donors (Lipinski definition) is 0. The second kappa shape index (κ2) is 12.8. The third-order valence-electron chi connectivity index (χ3n) is 3.09. The van der Waals surface area contributed by atoms with Crippen LogP contribution in [0.25, 0.3) is 0 Å². The lowest BCUT2D eigenvalue weighted by molar-refractivity contribution is -0.101. The lowest BCUT2D eigenvalue weighted by Crippen LogP contribution is -2.24. The number of rotatable bonds is 12. The zero-order valence-electron chi connectivity index (χ0n) is 11.7. The Bertz CT molecular complexity index is 149. The van der Waals surface area contributed by atoms with E-state index in [0.29, 0.717) is 4.83 Å². The molecule has 1 unspecified atom stereocenters. The lowest BCUT2D eigenvalue weighted by atomic mass is 10.1. The molecule has 0 heterocycles. The van der Waals surface area contributed by atoms with E-state index in [2.05, 4.69) is 22.9 Å². The third-order valence-corrected chi connectivity index (χ3v) is 3.98. The Kier molecular flexibility index (Phi) is 13.1. The number of ether oxygens (including phenoxy) is 2. The van der Waals surface area contributed by atoms with Crippen LogP contribution in [-0.4, -0.2) is 25.3 Å². The quantitative estimate of drug-likeness (QED) is 0.290. The van der Waals surface area contributed by atoms with E-state index in [0.717, 1.165) is 6.42 Å². The largest absolute Gasteiger partial charge is 0.355 e. The van der Waals surface area contributed by atoms with Gasteiger partial charge < -0.3 is 9.47 Å². The van der Waals surface area contributed by atoms with Crippen molar-refractivity contribution in [3.8, 4) is 0 Å². The fourth-order valence-electron chi connectivity index (χ4n) is 2.00. The smallest absolute Gasteiger partial charge is 0.169 e. The van der Waals surface area contributed by atoms with E-state index < -0.39 is 0 Å². The van der Waals surface area contributed by atoms with Crippen molar-refractivity contribution >= 4 is 15.9 Å². The Balaban J connectivity index is 3.27. The molecule has 3 heteroatoms. The second-order valence-corrected chi connectivity index (χ2v) is 5.80. The van der Waals surface area contributed by atoms with Crippen molar-refractivity contribution in [2.24, 2.45) is 0 Å². The summed E-state index contributed by atoms with van der Waals surface area (Å²) in [6, 6.07) is 0. The summed E-state index contributed by atoms with van der Waals surface area (Å²) in [6.45, 7) is 2.26. The van der Waals surface area contributed by atoms with Gasteiger partial charge in [0.15, 0.2) is 6.29 Å². The van der Waals surface area contributed by atoms with Gasteiger partial charge in [0.25, 0.3) is 0 Å². The SMILES string of the molecule is CCCCCCCCCCC(Br)C(OC)OC. The van der Waals surface area contributed by atoms with Crippen molar-refractivity contribution in [2.75, 3.05) is 14.2 Å². The molecule has 0 spiro atoms. The van der Waals surface area contributed by atoms with Crippen LogP contribution in [0, 0.1) is 0 Å². The highest BCUT2D eigenvalue weighted by molar-refractivity contribution is 9.09. The summed E-state index contributed by atoms with van der Waals surface area (Å²) in [7, 11) is 3.38. The van der Waals surface area contributed by atoms with Gasteiger partial charge in [-0.25, -0.2) is 0 Å². The van der Waals surface area contributed by atoms with E-state index >= 15 is 0 Å². The number of halogens is 1. The van der Waals surface area contributed by atoms with E-state index in [-0.39, 0.29) is 6.29 Å². The summed E-state index contributed by atoms with van der Waals surface area (Å²) >= 11 is 3.62. The molecule has 0 fully saturated rings. The molecule has 0 rings (SSSR count). The molecular formula is C14H29BrO2. The molecule has 0 aliphatic carbocycles. The van der Waals surface area contributed by atoms with Crippen LogP contribution in [0.3, 0.4) is 0 Å². The molecule has 0 aromatic heterocycles. The molecule has 0 saturated heterocycles. The minimum Gasteiger partial charge on any atom is -0.355 e. The molecule has 0 aromatic carbocycles. The maximum absolute atomic E-state index is 5.21. The van der Waals surface area contributed by atoms with Crippen LogP contribution >= 0.6 is 15.9 Å². The molecule has 1 atom stereocenters. The maximum Gasteiger partial charge on any atom is 0.169 e. The van der Waals surface area contributed by atoms with Gasteiger partial charge in [0.05, 0.1) is 4.83 Å². The number of methoxy groups -OCH3 is 2. The van der Waals surface area contributed by atoms with Crippen LogP contribution in [0.4, 0.5) is 0 Å². The first kappa shape index (κ1) is 17.4. The molecule has 0 radical (unpaired) electrons. The molecule has 0 saturated carbocycles. The average Bonchev–Trinajstić information content (AvgIpc) is 2.34. The van der Waals surface area contributed by atoms with Crippen LogP contribution in [-0.2, 0) is 9.47 Å². The fraction of sp³-hybridized carbons (Fsp3) is 1.00. The van der Waals surface area contributed by atoms with Crippen molar-refractivity contribution in [1.29, 1.82) is 0 Å². The minimum atomic E-state index is -0.112. The molecule has 0 aliphatic rings. The first-order valence-electron chi connectivity index (χ1n) is 6.95. The molecule has 2 nitrogen and oxygen atoms in total. The number of alkyl halides is 1. The molecule has 0 bridgehead atoms. The van der Waals surface area contributed by atoms with E-state index in [1.54, 1.807) is 14.2 Å². The molecule has 17 heavy (non-hydrogen) atoms. The highest BCUT2D eigenvalue weighted by Crippen LogP contribution is 2.18. The van der Waals surface area contributed by atoms with E-state index in [4.69, 9.17) is 9.47 Å². The van der Waals surface area contributed by atoms with Crippen LogP contribution in [0.5, 0.6) is 0 Å². The Morgan fingerprint density at radius 3 is 1.76 bits per heavy atom. The van der Waals surface area contributed by atoms with Gasteiger partial charge >= 0.3 is 0 Å². The van der Waals surface area contributed by atoms with E-state index in [1.165, 1.54) is 51.4 Å². The molecule has 0 amide bonds. The molecule has 0 aromatic rings. The van der Waals surface area contributed by atoms with Gasteiger partial charge in [0, 0.05) is 14.2 Å². The van der Waals surface area contributed by atoms with Gasteiger partial charge in [-0.1, -0.05) is 74.2 Å². The minimum absolute atomic E-state index is 0.112. The summed E-state index contributed by atoms with van der Waals surface area (Å²) in [5, 5.41) is 0. The second-order valence-electron chi connectivity index (χ2n) is 4.62. The summed E-state index contributed by atoms with van der Waals surface area (Å²) in [5.74, 6) is 0. The standard InChI is InChI=1S/C14H29BrO2/c1-4-5-6-7-8-9-10-11-12-13(15)14(16-2)17-3/h13-14H,4-12H2,1-3H3. The summed E-state index contributed by atoms with van der Waals surface area (Å²) in [6.07, 6.45) is 11.9. The van der Waals surface area contributed by atoms with Crippen LogP contribution < -0.4 is 0 Å². The molecule has 0 aliphatic heterocycles.